The maximum Gasteiger partial charge on any atom is 0.313 e. The SMILES string of the molecule is COCC1(C(=O)O)CCN(C(=O)c2cccc(C)c2)C1. The summed E-state index contributed by atoms with van der Waals surface area (Å²) >= 11 is 0. The summed E-state index contributed by atoms with van der Waals surface area (Å²) in [5, 5.41) is 9.39. The van der Waals surface area contributed by atoms with Gasteiger partial charge in [0.05, 0.1) is 6.61 Å². The molecule has 0 radical (unpaired) electrons. The van der Waals surface area contributed by atoms with Crippen LogP contribution < -0.4 is 0 Å². The van der Waals surface area contributed by atoms with Crippen LogP contribution in [0.3, 0.4) is 0 Å². The fraction of sp³-hybridized carbons (Fsp3) is 0.467. The van der Waals surface area contributed by atoms with Gasteiger partial charge in [-0.3, -0.25) is 9.59 Å². The molecule has 1 aliphatic heterocycles. The van der Waals surface area contributed by atoms with Crippen LogP contribution >= 0.6 is 0 Å². The van der Waals surface area contributed by atoms with Crippen molar-refractivity contribution in [2.75, 3.05) is 26.8 Å². The monoisotopic (exact) mass is 277 g/mol. The quantitative estimate of drug-likeness (QED) is 0.907. The zero-order valence-electron chi connectivity index (χ0n) is 11.8. The number of benzene rings is 1. The highest BCUT2D eigenvalue weighted by molar-refractivity contribution is 5.95. The summed E-state index contributed by atoms with van der Waals surface area (Å²) in [4.78, 5) is 25.5. The fourth-order valence-corrected chi connectivity index (χ4v) is 2.64. The van der Waals surface area contributed by atoms with E-state index in [1.807, 2.05) is 25.1 Å². The number of aryl methyl sites for hydroxylation is 1. The Labute approximate surface area is 118 Å². The van der Waals surface area contributed by atoms with Crippen molar-refractivity contribution in [1.82, 2.24) is 4.90 Å². The largest absolute Gasteiger partial charge is 0.481 e. The molecule has 1 fully saturated rings. The number of hydrogen-bond acceptors (Lipinski definition) is 3. The van der Waals surface area contributed by atoms with Gasteiger partial charge in [0.1, 0.15) is 5.41 Å². The highest BCUT2D eigenvalue weighted by atomic mass is 16.5. The number of rotatable bonds is 4. The van der Waals surface area contributed by atoms with E-state index in [9.17, 15) is 14.7 Å². The first-order valence-corrected chi connectivity index (χ1v) is 6.57. The van der Waals surface area contributed by atoms with Crippen LogP contribution in [0.4, 0.5) is 0 Å². The average molecular weight is 277 g/mol. The third kappa shape index (κ3) is 2.67. The summed E-state index contributed by atoms with van der Waals surface area (Å²) in [6, 6.07) is 7.33. The summed E-state index contributed by atoms with van der Waals surface area (Å²) < 4.78 is 5.02. The zero-order valence-corrected chi connectivity index (χ0v) is 11.8. The van der Waals surface area contributed by atoms with Gasteiger partial charge in [-0.25, -0.2) is 0 Å². The van der Waals surface area contributed by atoms with Crippen LogP contribution in [0.25, 0.3) is 0 Å². The number of likely N-dealkylation sites (tertiary alicyclic amines) is 1. The molecule has 0 bridgehead atoms. The van der Waals surface area contributed by atoms with Gasteiger partial charge < -0.3 is 14.7 Å². The molecular formula is C15H19NO4. The molecule has 1 heterocycles. The number of amides is 1. The van der Waals surface area contributed by atoms with Gasteiger partial charge in [0.25, 0.3) is 5.91 Å². The topological polar surface area (TPSA) is 66.8 Å². The van der Waals surface area contributed by atoms with Crippen LogP contribution in [0, 0.1) is 12.3 Å². The number of hydrogen-bond donors (Lipinski definition) is 1. The molecule has 1 atom stereocenters. The summed E-state index contributed by atoms with van der Waals surface area (Å²) in [6.45, 7) is 2.69. The highest BCUT2D eigenvalue weighted by Gasteiger charge is 2.46. The second-order valence-electron chi connectivity index (χ2n) is 5.36. The molecule has 5 heteroatoms. The standard InChI is InChI=1S/C15H19NO4/c1-11-4-3-5-12(8-11)13(17)16-7-6-15(9-16,10-20-2)14(18)19/h3-5,8H,6-7,9-10H2,1-2H3,(H,18,19). The molecule has 108 valence electrons. The number of carboxylic acid groups (broad SMARTS) is 1. The van der Waals surface area contributed by atoms with Crippen LogP contribution in [-0.4, -0.2) is 48.7 Å². The number of ether oxygens (including phenoxy) is 1. The molecule has 20 heavy (non-hydrogen) atoms. The van der Waals surface area contributed by atoms with Gasteiger partial charge >= 0.3 is 5.97 Å². The summed E-state index contributed by atoms with van der Waals surface area (Å²) in [5.41, 5.74) is 0.633. The van der Waals surface area contributed by atoms with Crippen molar-refractivity contribution in [2.24, 2.45) is 5.41 Å². The van der Waals surface area contributed by atoms with E-state index >= 15 is 0 Å². The Hall–Kier alpha value is -1.88. The van der Waals surface area contributed by atoms with Crippen LogP contribution in [-0.2, 0) is 9.53 Å². The lowest BCUT2D eigenvalue weighted by Crippen LogP contribution is -2.40. The third-order valence-corrected chi connectivity index (χ3v) is 3.78. The van der Waals surface area contributed by atoms with Crippen LogP contribution in [0.2, 0.25) is 0 Å². The molecule has 0 saturated carbocycles. The van der Waals surface area contributed by atoms with Crippen LogP contribution in [0.15, 0.2) is 24.3 Å². The minimum absolute atomic E-state index is 0.118. The summed E-state index contributed by atoms with van der Waals surface area (Å²) in [6.07, 6.45) is 0.424. The van der Waals surface area contributed by atoms with Crippen molar-refractivity contribution in [2.45, 2.75) is 13.3 Å². The van der Waals surface area contributed by atoms with Gasteiger partial charge in [0, 0.05) is 25.8 Å². The second-order valence-corrected chi connectivity index (χ2v) is 5.36. The number of aliphatic carboxylic acids is 1. The molecule has 0 aromatic heterocycles. The number of carbonyl (C=O) groups is 2. The van der Waals surface area contributed by atoms with Crippen LogP contribution in [0.1, 0.15) is 22.3 Å². The van der Waals surface area contributed by atoms with Gasteiger partial charge in [-0.15, -0.1) is 0 Å². The second kappa shape index (κ2) is 5.63. The number of nitrogens with zero attached hydrogens (tertiary/aromatic N) is 1. The van der Waals surface area contributed by atoms with Gasteiger partial charge in [-0.2, -0.15) is 0 Å². The third-order valence-electron chi connectivity index (χ3n) is 3.78. The Kier molecular flexibility index (Phi) is 4.09. The number of methoxy groups -OCH3 is 1. The first kappa shape index (κ1) is 14.5. The lowest BCUT2D eigenvalue weighted by Gasteiger charge is -2.23. The molecule has 1 N–H and O–H groups in total. The van der Waals surface area contributed by atoms with E-state index in [-0.39, 0.29) is 19.1 Å². The van der Waals surface area contributed by atoms with E-state index in [4.69, 9.17) is 4.74 Å². The van der Waals surface area contributed by atoms with E-state index < -0.39 is 11.4 Å². The predicted molar refractivity (Wildman–Crippen MR) is 73.6 cm³/mol. The normalized spacial score (nSPS) is 22.0. The first-order chi connectivity index (χ1) is 9.48. The maximum absolute atomic E-state index is 12.4. The molecule has 5 nitrogen and oxygen atoms in total. The number of carbonyl (C=O) groups excluding carboxylic acids is 1. The van der Waals surface area contributed by atoms with Crippen molar-refractivity contribution in [3.63, 3.8) is 0 Å². The Morgan fingerprint density at radius 3 is 2.80 bits per heavy atom. The lowest BCUT2D eigenvalue weighted by atomic mass is 9.88. The molecule has 1 aliphatic rings. The predicted octanol–water partition coefficient (Wildman–Crippen LogP) is 1.56. The van der Waals surface area contributed by atoms with Gasteiger partial charge in [-0.05, 0) is 25.5 Å². The van der Waals surface area contributed by atoms with E-state index in [2.05, 4.69) is 0 Å². The maximum atomic E-state index is 12.4. The Morgan fingerprint density at radius 2 is 2.20 bits per heavy atom. The summed E-state index contributed by atoms with van der Waals surface area (Å²) in [7, 11) is 1.48. The average Bonchev–Trinajstić information content (AvgIpc) is 2.84. The Morgan fingerprint density at radius 1 is 1.45 bits per heavy atom. The minimum atomic E-state index is -0.978. The number of carboxylic acids is 1. The van der Waals surface area contributed by atoms with Gasteiger partial charge in [-0.1, -0.05) is 17.7 Å². The molecule has 1 unspecified atom stereocenters. The van der Waals surface area contributed by atoms with E-state index in [1.54, 1.807) is 11.0 Å². The fourth-order valence-electron chi connectivity index (χ4n) is 2.64. The Balaban J connectivity index is 2.16. The van der Waals surface area contributed by atoms with Crippen molar-refractivity contribution >= 4 is 11.9 Å². The molecule has 2 rings (SSSR count). The molecule has 1 saturated heterocycles. The Bertz CT molecular complexity index is 528. The molecule has 0 aliphatic carbocycles. The minimum Gasteiger partial charge on any atom is -0.481 e. The zero-order chi connectivity index (χ0) is 14.8. The molecule has 0 spiro atoms. The van der Waals surface area contributed by atoms with Crippen molar-refractivity contribution in [1.29, 1.82) is 0 Å². The smallest absolute Gasteiger partial charge is 0.313 e. The molecular weight excluding hydrogens is 258 g/mol. The highest BCUT2D eigenvalue weighted by Crippen LogP contribution is 2.32. The van der Waals surface area contributed by atoms with E-state index in [1.165, 1.54) is 7.11 Å². The van der Waals surface area contributed by atoms with Gasteiger partial charge in [0.15, 0.2) is 0 Å². The van der Waals surface area contributed by atoms with E-state index in [0.29, 0.717) is 18.5 Å². The first-order valence-electron chi connectivity index (χ1n) is 6.57. The van der Waals surface area contributed by atoms with Crippen LogP contribution in [0.5, 0.6) is 0 Å². The lowest BCUT2D eigenvalue weighted by molar-refractivity contribution is -0.151. The van der Waals surface area contributed by atoms with Gasteiger partial charge in [0.2, 0.25) is 0 Å². The van der Waals surface area contributed by atoms with Crippen molar-refractivity contribution in [3.8, 4) is 0 Å². The molecule has 1 aromatic carbocycles. The van der Waals surface area contributed by atoms with Crippen molar-refractivity contribution < 1.29 is 19.4 Å². The van der Waals surface area contributed by atoms with Crippen molar-refractivity contribution in [3.05, 3.63) is 35.4 Å². The summed E-state index contributed by atoms with van der Waals surface area (Å²) in [5.74, 6) is -1.02. The molecule has 1 amide bonds. The molecule has 1 aromatic rings. The van der Waals surface area contributed by atoms with E-state index in [0.717, 1.165) is 5.56 Å².